The minimum absolute atomic E-state index is 0.00157. The Kier molecular flexibility index (Phi) is 4.71. The zero-order valence-corrected chi connectivity index (χ0v) is 13.5. The van der Waals surface area contributed by atoms with Gasteiger partial charge in [-0.05, 0) is 25.3 Å². The second-order valence-corrected chi connectivity index (χ2v) is 6.48. The fourth-order valence-corrected chi connectivity index (χ4v) is 3.52. The second kappa shape index (κ2) is 6.91. The molecule has 0 saturated heterocycles. The van der Waals surface area contributed by atoms with Crippen molar-refractivity contribution < 1.29 is 9.59 Å². The summed E-state index contributed by atoms with van der Waals surface area (Å²) in [6.45, 7) is 2.05. The molecule has 0 amide bonds. The maximum absolute atomic E-state index is 12.6. The maximum Gasteiger partial charge on any atom is 0.163 e. The number of ketones is 2. The third kappa shape index (κ3) is 3.58. The first kappa shape index (κ1) is 15.7. The zero-order chi connectivity index (χ0) is 16.2. The van der Waals surface area contributed by atoms with Gasteiger partial charge in [-0.15, -0.1) is 0 Å². The molecular formula is C21H22O2. The Balaban J connectivity index is 1.87. The molecule has 0 aromatic heterocycles. The summed E-state index contributed by atoms with van der Waals surface area (Å²) in [4.78, 5) is 24.9. The summed E-state index contributed by atoms with van der Waals surface area (Å²) >= 11 is 0. The van der Waals surface area contributed by atoms with Crippen molar-refractivity contribution in [2.24, 2.45) is 5.92 Å². The number of hydrogen-bond acceptors (Lipinski definition) is 2. The molecule has 2 aromatic rings. The van der Waals surface area contributed by atoms with E-state index < -0.39 is 0 Å². The summed E-state index contributed by atoms with van der Waals surface area (Å²) in [5, 5.41) is 0. The third-order valence-corrected chi connectivity index (χ3v) is 4.84. The second-order valence-electron chi connectivity index (χ2n) is 6.48. The van der Waals surface area contributed by atoms with Crippen molar-refractivity contribution in [3.8, 4) is 0 Å². The van der Waals surface area contributed by atoms with Gasteiger partial charge in [-0.1, -0.05) is 60.2 Å². The minimum Gasteiger partial charge on any atom is -0.299 e. The van der Waals surface area contributed by atoms with Crippen molar-refractivity contribution in [3.63, 3.8) is 0 Å². The van der Waals surface area contributed by atoms with Crippen LogP contribution < -0.4 is 0 Å². The number of benzene rings is 2. The number of carbonyl (C=O) groups excluding carboxylic acids is 2. The first-order valence-corrected chi connectivity index (χ1v) is 8.32. The largest absolute Gasteiger partial charge is 0.299 e. The summed E-state index contributed by atoms with van der Waals surface area (Å²) in [5.74, 6) is 0.427. The lowest BCUT2D eigenvalue weighted by molar-refractivity contribution is -0.121. The molecule has 2 aromatic carbocycles. The summed E-state index contributed by atoms with van der Waals surface area (Å²) in [7, 11) is 0. The number of rotatable bonds is 5. The van der Waals surface area contributed by atoms with E-state index in [4.69, 9.17) is 0 Å². The van der Waals surface area contributed by atoms with E-state index in [1.165, 1.54) is 5.56 Å². The molecule has 2 unspecified atom stereocenters. The Hall–Kier alpha value is -2.22. The van der Waals surface area contributed by atoms with Gasteiger partial charge >= 0.3 is 0 Å². The van der Waals surface area contributed by atoms with Crippen LogP contribution in [0.3, 0.4) is 0 Å². The molecule has 118 valence electrons. The molecule has 2 heteroatoms. The molecule has 0 aliphatic heterocycles. The first-order chi connectivity index (χ1) is 11.1. The van der Waals surface area contributed by atoms with Crippen LogP contribution >= 0.6 is 0 Å². The van der Waals surface area contributed by atoms with E-state index >= 15 is 0 Å². The predicted molar refractivity (Wildman–Crippen MR) is 91.7 cm³/mol. The van der Waals surface area contributed by atoms with Crippen molar-refractivity contribution in [1.29, 1.82) is 0 Å². The van der Waals surface area contributed by atoms with E-state index in [-0.39, 0.29) is 17.6 Å². The molecular weight excluding hydrogens is 284 g/mol. The fraction of sp³-hybridized carbons (Fsp3) is 0.333. The van der Waals surface area contributed by atoms with Gasteiger partial charge in [-0.25, -0.2) is 0 Å². The van der Waals surface area contributed by atoms with Gasteiger partial charge in [0.15, 0.2) is 5.78 Å². The first-order valence-electron chi connectivity index (χ1n) is 8.32. The Morgan fingerprint density at radius 1 is 1.09 bits per heavy atom. The number of Topliss-reactive ketones (excluding diaryl/α,β-unsaturated/α-hetero) is 2. The highest BCUT2D eigenvalue weighted by Gasteiger charge is 2.34. The molecule has 3 rings (SSSR count). The van der Waals surface area contributed by atoms with Crippen LogP contribution in [0.2, 0.25) is 0 Å². The van der Waals surface area contributed by atoms with Gasteiger partial charge in [0.25, 0.3) is 0 Å². The molecule has 2 atom stereocenters. The average Bonchev–Trinajstić information content (AvgIpc) is 3.00. The van der Waals surface area contributed by atoms with E-state index in [0.717, 1.165) is 24.0 Å². The summed E-state index contributed by atoms with van der Waals surface area (Å²) in [6.07, 6.45) is 2.92. The van der Waals surface area contributed by atoms with Gasteiger partial charge in [-0.2, -0.15) is 0 Å². The van der Waals surface area contributed by atoms with Crippen LogP contribution in [-0.4, -0.2) is 11.6 Å². The molecule has 1 fully saturated rings. The molecule has 1 aliphatic rings. The van der Waals surface area contributed by atoms with E-state index in [9.17, 15) is 9.59 Å². The summed E-state index contributed by atoms with van der Waals surface area (Å²) < 4.78 is 0. The molecule has 0 N–H and O–H groups in total. The Morgan fingerprint density at radius 3 is 2.39 bits per heavy atom. The lowest BCUT2D eigenvalue weighted by Gasteiger charge is -2.22. The van der Waals surface area contributed by atoms with Crippen LogP contribution in [0.15, 0.2) is 54.6 Å². The van der Waals surface area contributed by atoms with E-state index in [1.54, 1.807) is 0 Å². The highest BCUT2D eigenvalue weighted by atomic mass is 16.1. The van der Waals surface area contributed by atoms with Crippen molar-refractivity contribution >= 4 is 11.6 Å². The van der Waals surface area contributed by atoms with Gasteiger partial charge in [0.05, 0.1) is 0 Å². The predicted octanol–water partition coefficient (Wildman–Crippen LogP) is 4.72. The van der Waals surface area contributed by atoms with Gasteiger partial charge in [0.2, 0.25) is 0 Å². The molecule has 0 radical (unpaired) electrons. The number of hydrogen-bond donors (Lipinski definition) is 0. The topological polar surface area (TPSA) is 34.1 Å². The summed E-state index contributed by atoms with van der Waals surface area (Å²) in [6, 6.07) is 17.7. The molecule has 0 bridgehead atoms. The molecule has 1 saturated carbocycles. The van der Waals surface area contributed by atoms with Crippen molar-refractivity contribution in [2.75, 3.05) is 0 Å². The van der Waals surface area contributed by atoms with Crippen molar-refractivity contribution in [3.05, 3.63) is 71.3 Å². The number of carbonyl (C=O) groups is 2. The van der Waals surface area contributed by atoms with Crippen LogP contribution in [0.5, 0.6) is 0 Å². The molecule has 23 heavy (non-hydrogen) atoms. The minimum atomic E-state index is -0.00892. The quantitative estimate of drug-likeness (QED) is 0.749. The highest BCUT2D eigenvalue weighted by molar-refractivity contribution is 5.97. The van der Waals surface area contributed by atoms with Gasteiger partial charge in [-0.3, -0.25) is 9.59 Å². The smallest absolute Gasteiger partial charge is 0.163 e. The number of aryl methyl sites for hydroxylation is 1. The summed E-state index contributed by atoms with van der Waals surface area (Å²) in [5.41, 5.74) is 3.04. The molecule has 1 aliphatic carbocycles. The van der Waals surface area contributed by atoms with E-state index in [1.807, 2.05) is 30.3 Å². The Bertz CT molecular complexity index is 686. The van der Waals surface area contributed by atoms with Gasteiger partial charge in [0, 0.05) is 30.2 Å². The lowest BCUT2D eigenvalue weighted by Crippen LogP contribution is -2.20. The molecule has 2 nitrogen and oxygen atoms in total. The van der Waals surface area contributed by atoms with Crippen molar-refractivity contribution in [1.82, 2.24) is 0 Å². The zero-order valence-electron chi connectivity index (χ0n) is 13.5. The van der Waals surface area contributed by atoms with Gasteiger partial charge < -0.3 is 0 Å². The monoisotopic (exact) mass is 306 g/mol. The van der Waals surface area contributed by atoms with E-state index in [0.29, 0.717) is 18.6 Å². The van der Waals surface area contributed by atoms with Crippen LogP contribution in [0.1, 0.15) is 53.1 Å². The van der Waals surface area contributed by atoms with Crippen molar-refractivity contribution in [2.45, 2.75) is 38.5 Å². The lowest BCUT2D eigenvalue weighted by atomic mass is 9.80. The third-order valence-electron chi connectivity index (χ3n) is 4.84. The van der Waals surface area contributed by atoms with Crippen LogP contribution in [0, 0.1) is 12.8 Å². The Labute approximate surface area is 137 Å². The maximum atomic E-state index is 12.6. The normalized spacial score (nSPS) is 18.8. The fourth-order valence-electron chi connectivity index (χ4n) is 3.52. The van der Waals surface area contributed by atoms with Gasteiger partial charge in [0.1, 0.15) is 5.78 Å². The van der Waals surface area contributed by atoms with Crippen LogP contribution in [0.4, 0.5) is 0 Å². The SMILES string of the molecule is Cc1ccc(C(CC(=O)c2ccccc2)C2CCCC2=O)cc1. The Morgan fingerprint density at radius 2 is 1.78 bits per heavy atom. The van der Waals surface area contributed by atoms with Crippen LogP contribution in [-0.2, 0) is 4.79 Å². The van der Waals surface area contributed by atoms with E-state index in [2.05, 4.69) is 31.2 Å². The average molecular weight is 306 g/mol. The molecule has 0 heterocycles. The van der Waals surface area contributed by atoms with Crippen LogP contribution in [0.25, 0.3) is 0 Å². The standard InChI is InChI=1S/C21H22O2/c1-15-10-12-16(13-11-15)19(18-8-5-9-20(18)22)14-21(23)17-6-3-2-4-7-17/h2-4,6-7,10-13,18-19H,5,8-9,14H2,1H3. The molecule has 0 spiro atoms. The highest BCUT2D eigenvalue weighted by Crippen LogP contribution is 2.38.